The molecule has 4 nitrogen and oxygen atoms in total. The van der Waals surface area contributed by atoms with E-state index in [0.29, 0.717) is 0 Å². The lowest BCUT2D eigenvalue weighted by atomic mass is 9.98. The van der Waals surface area contributed by atoms with Gasteiger partial charge in [-0.15, -0.1) is 0 Å². The second-order valence-corrected chi connectivity index (χ2v) is 6.42. The number of rotatable bonds is 9. The minimum absolute atomic E-state index is 0.723. The van der Waals surface area contributed by atoms with Gasteiger partial charge in [0.15, 0.2) is 0 Å². The van der Waals surface area contributed by atoms with Crippen molar-refractivity contribution in [2.75, 3.05) is 36.0 Å². The SMILES string of the molecule is CCN(CC)c1ccc(C(O)C(O)c2ccc(N(CC)CC)cc2)cc1. The number of anilines is 2. The summed E-state index contributed by atoms with van der Waals surface area (Å²) in [7, 11) is 0. The summed E-state index contributed by atoms with van der Waals surface area (Å²) in [6.45, 7) is 12.3. The van der Waals surface area contributed by atoms with E-state index in [1.165, 1.54) is 0 Å². The predicted molar refractivity (Wildman–Crippen MR) is 110 cm³/mol. The number of aliphatic hydroxyl groups is 2. The van der Waals surface area contributed by atoms with Crippen LogP contribution in [-0.2, 0) is 0 Å². The molecule has 2 unspecified atom stereocenters. The average Bonchev–Trinajstić information content (AvgIpc) is 2.70. The third-order valence-corrected chi connectivity index (χ3v) is 5.03. The van der Waals surface area contributed by atoms with Crippen LogP contribution in [0.25, 0.3) is 0 Å². The molecule has 0 spiro atoms. The van der Waals surface area contributed by atoms with Crippen molar-refractivity contribution in [3.8, 4) is 0 Å². The second-order valence-electron chi connectivity index (χ2n) is 6.42. The van der Waals surface area contributed by atoms with Gasteiger partial charge in [-0.3, -0.25) is 0 Å². The zero-order chi connectivity index (χ0) is 19.1. The molecular weight excluding hydrogens is 324 g/mol. The van der Waals surface area contributed by atoms with Crippen LogP contribution in [0.4, 0.5) is 11.4 Å². The Bertz CT molecular complexity index is 587. The Labute approximate surface area is 157 Å². The lowest BCUT2D eigenvalue weighted by Gasteiger charge is -2.24. The van der Waals surface area contributed by atoms with Gasteiger partial charge in [-0.1, -0.05) is 24.3 Å². The highest BCUT2D eigenvalue weighted by molar-refractivity contribution is 5.49. The molecule has 0 amide bonds. The Morgan fingerprint density at radius 3 is 1.08 bits per heavy atom. The molecule has 0 saturated heterocycles. The summed E-state index contributed by atoms with van der Waals surface area (Å²) in [6.07, 6.45) is -1.89. The van der Waals surface area contributed by atoms with Crippen molar-refractivity contribution >= 4 is 11.4 Å². The molecule has 0 bridgehead atoms. The van der Waals surface area contributed by atoms with Crippen molar-refractivity contribution in [3.05, 3.63) is 59.7 Å². The normalized spacial score (nSPS) is 13.3. The molecule has 2 aromatic carbocycles. The van der Waals surface area contributed by atoms with Gasteiger partial charge < -0.3 is 20.0 Å². The van der Waals surface area contributed by atoms with Crippen LogP contribution in [0, 0.1) is 0 Å². The first-order valence-electron chi connectivity index (χ1n) is 9.61. The van der Waals surface area contributed by atoms with Gasteiger partial charge in [0.1, 0.15) is 12.2 Å². The van der Waals surface area contributed by atoms with E-state index >= 15 is 0 Å². The number of hydrogen-bond donors (Lipinski definition) is 2. The molecule has 2 rings (SSSR count). The van der Waals surface area contributed by atoms with Crippen LogP contribution < -0.4 is 9.80 Å². The third kappa shape index (κ3) is 4.57. The molecule has 142 valence electrons. The maximum absolute atomic E-state index is 10.6. The standard InChI is InChI=1S/C22H32N2O2/c1-5-23(6-2)19-13-9-17(10-14-19)21(25)22(26)18-11-15-20(16-12-18)24(7-3)8-4/h9-16,21-22,25-26H,5-8H2,1-4H3. The summed E-state index contributed by atoms with van der Waals surface area (Å²) in [4.78, 5) is 4.50. The average molecular weight is 357 g/mol. The van der Waals surface area contributed by atoms with Gasteiger partial charge >= 0.3 is 0 Å². The Morgan fingerprint density at radius 2 is 0.846 bits per heavy atom. The van der Waals surface area contributed by atoms with Crippen molar-refractivity contribution in [3.63, 3.8) is 0 Å². The molecule has 0 aliphatic carbocycles. The van der Waals surface area contributed by atoms with E-state index in [1.54, 1.807) is 0 Å². The van der Waals surface area contributed by atoms with Crippen molar-refractivity contribution in [1.29, 1.82) is 0 Å². The summed E-state index contributed by atoms with van der Waals surface area (Å²) in [6, 6.07) is 15.6. The molecule has 0 aliphatic heterocycles. The van der Waals surface area contributed by atoms with Gasteiger partial charge in [0, 0.05) is 37.6 Å². The lowest BCUT2D eigenvalue weighted by molar-refractivity contribution is 0.0172. The minimum Gasteiger partial charge on any atom is -0.385 e. The summed E-state index contributed by atoms with van der Waals surface area (Å²) < 4.78 is 0. The van der Waals surface area contributed by atoms with Gasteiger partial charge in [0.2, 0.25) is 0 Å². The maximum Gasteiger partial charge on any atom is 0.109 e. The topological polar surface area (TPSA) is 46.9 Å². The van der Waals surface area contributed by atoms with Crippen LogP contribution in [-0.4, -0.2) is 36.4 Å². The first-order valence-corrected chi connectivity index (χ1v) is 9.61. The molecule has 2 N–H and O–H groups in total. The van der Waals surface area contributed by atoms with Crippen LogP contribution >= 0.6 is 0 Å². The molecule has 0 aromatic heterocycles. The van der Waals surface area contributed by atoms with Crippen molar-refractivity contribution in [2.45, 2.75) is 39.9 Å². The molecule has 26 heavy (non-hydrogen) atoms. The molecule has 4 heteroatoms. The van der Waals surface area contributed by atoms with E-state index in [0.717, 1.165) is 48.7 Å². The van der Waals surface area contributed by atoms with Crippen LogP contribution in [0.3, 0.4) is 0 Å². The molecular formula is C22H32N2O2. The molecule has 2 aromatic rings. The molecule has 0 radical (unpaired) electrons. The van der Waals surface area contributed by atoms with Gasteiger partial charge in [-0.2, -0.15) is 0 Å². The van der Waals surface area contributed by atoms with Crippen molar-refractivity contribution in [2.24, 2.45) is 0 Å². The first kappa shape index (κ1) is 20.3. The fourth-order valence-corrected chi connectivity index (χ4v) is 3.31. The summed E-state index contributed by atoms with van der Waals surface area (Å²) in [5.74, 6) is 0. The Balaban J connectivity index is 2.12. The highest BCUT2D eigenvalue weighted by atomic mass is 16.3. The zero-order valence-corrected chi connectivity index (χ0v) is 16.4. The highest BCUT2D eigenvalue weighted by Gasteiger charge is 2.20. The van der Waals surface area contributed by atoms with Crippen LogP contribution in [0.5, 0.6) is 0 Å². The fraction of sp³-hybridized carbons (Fsp3) is 0.455. The van der Waals surface area contributed by atoms with Gasteiger partial charge in [-0.05, 0) is 63.1 Å². The highest BCUT2D eigenvalue weighted by Crippen LogP contribution is 2.31. The first-order chi connectivity index (χ1) is 12.5. The number of aliphatic hydroxyl groups excluding tert-OH is 2. The van der Waals surface area contributed by atoms with Gasteiger partial charge in [-0.25, -0.2) is 0 Å². The number of hydrogen-bond acceptors (Lipinski definition) is 4. The van der Waals surface area contributed by atoms with E-state index in [9.17, 15) is 10.2 Å². The zero-order valence-electron chi connectivity index (χ0n) is 16.4. The largest absolute Gasteiger partial charge is 0.385 e. The third-order valence-electron chi connectivity index (χ3n) is 5.03. The van der Waals surface area contributed by atoms with Crippen LogP contribution in [0.1, 0.15) is 51.0 Å². The summed E-state index contributed by atoms with van der Waals surface area (Å²) in [5, 5.41) is 21.2. The van der Waals surface area contributed by atoms with Gasteiger partial charge in [0.25, 0.3) is 0 Å². The van der Waals surface area contributed by atoms with E-state index < -0.39 is 12.2 Å². The predicted octanol–water partition coefficient (Wildman–Crippen LogP) is 4.15. The molecule has 2 atom stereocenters. The number of benzene rings is 2. The van der Waals surface area contributed by atoms with Crippen molar-refractivity contribution in [1.82, 2.24) is 0 Å². The molecule has 0 heterocycles. The van der Waals surface area contributed by atoms with Crippen LogP contribution in [0.15, 0.2) is 48.5 Å². The summed E-state index contributed by atoms with van der Waals surface area (Å²) >= 11 is 0. The Morgan fingerprint density at radius 1 is 0.577 bits per heavy atom. The number of nitrogens with zero attached hydrogens (tertiary/aromatic N) is 2. The van der Waals surface area contributed by atoms with E-state index in [2.05, 4.69) is 37.5 Å². The second kappa shape index (κ2) is 9.60. The fourth-order valence-electron chi connectivity index (χ4n) is 3.31. The van der Waals surface area contributed by atoms with Crippen LogP contribution in [0.2, 0.25) is 0 Å². The quantitative estimate of drug-likeness (QED) is 0.709. The minimum atomic E-state index is -0.944. The van der Waals surface area contributed by atoms with Gasteiger partial charge in [0.05, 0.1) is 0 Å². The lowest BCUT2D eigenvalue weighted by Crippen LogP contribution is -2.22. The van der Waals surface area contributed by atoms with E-state index in [1.807, 2.05) is 48.5 Å². The molecule has 0 aliphatic rings. The maximum atomic E-state index is 10.6. The molecule has 0 saturated carbocycles. The Kier molecular flexibility index (Phi) is 7.49. The van der Waals surface area contributed by atoms with E-state index in [-0.39, 0.29) is 0 Å². The van der Waals surface area contributed by atoms with Crippen molar-refractivity contribution < 1.29 is 10.2 Å². The molecule has 0 fully saturated rings. The smallest absolute Gasteiger partial charge is 0.109 e. The summed E-state index contributed by atoms with van der Waals surface area (Å²) in [5.41, 5.74) is 3.70. The monoisotopic (exact) mass is 356 g/mol. The Hall–Kier alpha value is -2.04. The van der Waals surface area contributed by atoms with E-state index in [4.69, 9.17) is 0 Å².